The molecule has 0 spiro atoms. The lowest BCUT2D eigenvalue weighted by Crippen LogP contribution is -2.40. The van der Waals surface area contributed by atoms with Gasteiger partial charge in [-0.1, -0.05) is 18.2 Å². The molecule has 1 heterocycles. The summed E-state index contributed by atoms with van der Waals surface area (Å²) in [7, 11) is 0. The van der Waals surface area contributed by atoms with Crippen molar-refractivity contribution in [3.8, 4) is 0 Å². The third-order valence-corrected chi connectivity index (χ3v) is 1.90. The Kier molecular flexibility index (Phi) is 1.18. The van der Waals surface area contributed by atoms with E-state index in [9.17, 15) is 9.59 Å². The van der Waals surface area contributed by atoms with Gasteiger partial charge in [0.05, 0.1) is 5.92 Å². The van der Waals surface area contributed by atoms with Crippen molar-refractivity contribution in [2.24, 2.45) is 5.92 Å². The number of amides is 2. The highest BCUT2D eigenvalue weighted by atomic mass is 16.2. The number of carbonyl (C=O) groups excluding carboxylic acids is 2. The first-order chi connectivity index (χ1) is 5.27. The van der Waals surface area contributed by atoms with Crippen LogP contribution in [0.4, 0.5) is 0 Å². The van der Waals surface area contributed by atoms with E-state index in [1.807, 2.05) is 6.08 Å². The fourth-order valence-corrected chi connectivity index (χ4v) is 1.29. The second-order valence-electron chi connectivity index (χ2n) is 2.68. The van der Waals surface area contributed by atoms with Crippen LogP contribution in [0.15, 0.2) is 23.8 Å². The highest BCUT2D eigenvalue weighted by Crippen LogP contribution is 2.20. The predicted molar refractivity (Wildman–Crippen MR) is 38.5 cm³/mol. The maximum absolute atomic E-state index is 11.0. The number of allylic oxidation sites excluding steroid dienone is 1. The molecule has 1 unspecified atom stereocenters. The van der Waals surface area contributed by atoms with Gasteiger partial charge in [-0.05, 0) is 6.42 Å². The van der Waals surface area contributed by atoms with Crippen LogP contribution in [0.25, 0.3) is 0 Å². The Labute approximate surface area is 63.8 Å². The van der Waals surface area contributed by atoms with Gasteiger partial charge in [-0.3, -0.25) is 14.9 Å². The van der Waals surface area contributed by atoms with Crippen molar-refractivity contribution in [2.75, 3.05) is 0 Å². The Hall–Kier alpha value is -1.38. The molecule has 0 fully saturated rings. The van der Waals surface area contributed by atoms with E-state index >= 15 is 0 Å². The minimum absolute atomic E-state index is 0.118. The summed E-state index contributed by atoms with van der Waals surface area (Å²) in [5.41, 5.74) is 0.612. The molecule has 2 amide bonds. The van der Waals surface area contributed by atoms with Crippen LogP contribution in [-0.2, 0) is 9.59 Å². The van der Waals surface area contributed by atoms with Crippen molar-refractivity contribution < 1.29 is 9.59 Å². The van der Waals surface area contributed by atoms with Gasteiger partial charge in [-0.25, -0.2) is 0 Å². The number of rotatable bonds is 0. The van der Waals surface area contributed by atoms with Crippen molar-refractivity contribution in [2.45, 2.75) is 6.42 Å². The fraction of sp³-hybridized carbons (Fsp3) is 0.250. The van der Waals surface area contributed by atoms with Crippen LogP contribution in [0.5, 0.6) is 0 Å². The lowest BCUT2D eigenvalue weighted by atomic mass is 9.92. The highest BCUT2D eigenvalue weighted by molar-refractivity contribution is 6.10. The van der Waals surface area contributed by atoms with Crippen molar-refractivity contribution in [1.82, 2.24) is 5.32 Å². The Bertz CT molecular complexity index is 288. The summed E-state index contributed by atoms with van der Waals surface area (Å²) in [6.07, 6.45) is 6.04. The van der Waals surface area contributed by atoms with Crippen LogP contribution in [-0.4, -0.2) is 11.8 Å². The van der Waals surface area contributed by atoms with E-state index in [2.05, 4.69) is 5.32 Å². The van der Waals surface area contributed by atoms with Crippen molar-refractivity contribution in [3.05, 3.63) is 23.8 Å². The number of nitrogens with one attached hydrogen (secondary N) is 1. The summed E-state index contributed by atoms with van der Waals surface area (Å²) in [5, 5.41) is 2.28. The molecule has 0 aromatic rings. The maximum atomic E-state index is 11.0. The molecule has 0 saturated carbocycles. The molecule has 3 heteroatoms. The van der Waals surface area contributed by atoms with Crippen LogP contribution in [0.2, 0.25) is 0 Å². The summed E-state index contributed by atoms with van der Waals surface area (Å²) < 4.78 is 0. The number of hydrogen-bond donors (Lipinski definition) is 1. The fourth-order valence-electron chi connectivity index (χ4n) is 1.29. The van der Waals surface area contributed by atoms with Gasteiger partial charge in [0.2, 0.25) is 5.91 Å². The summed E-state index contributed by atoms with van der Waals surface area (Å²) in [4.78, 5) is 22.0. The molecule has 1 aliphatic heterocycles. The Morgan fingerprint density at radius 2 is 2.27 bits per heavy atom. The lowest BCUT2D eigenvalue weighted by molar-refractivity contribution is -0.131. The molecule has 2 aliphatic rings. The molecule has 1 N–H and O–H groups in total. The summed E-state index contributed by atoms with van der Waals surface area (Å²) >= 11 is 0. The minimum atomic E-state index is -0.276. The average Bonchev–Trinajstić information content (AvgIpc) is 2.02. The standard InChI is InChI=1S/C8H7NO2/c10-7-5-2-1-3-6(4-5)8(11)9-7/h1-2,4,6H,3H2,(H,9,10,11). The molecule has 2 rings (SSSR count). The van der Waals surface area contributed by atoms with E-state index in [-0.39, 0.29) is 17.7 Å². The van der Waals surface area contributed by atoms with Gasteiger partial charge in [-0.2, -0.15) is 0 Å². The summed E-state index contributed by atoms with van der Waals surface area (Å²) in [5.74, 6) is -0.571. The molecule has 3 nitrogen and oxygen atoms in total. The van der Waals surface area contributed by atoms with Gasteiger partial charge < -0.3 is 0 Å². The van der Waals surface area contributed by atoms with Crippen molar-refractivity contribution in [1.29, 1.82) is 0 Å². The average molecular weight is 149 g/mol. The molecule has 0 aromatic carbocycles. The first-order valence-electron chi connectivity index (χ1n) is 3.51. The van der Waals surface area contributed by atoms with Crippen molar-refractivity contribution in [3.63, 3.8) is 0 Å². The zero-order chi connectivity index (χ0) is 7.84. The first kappa shape index (κ1) is 6.34. The van der Waals surface area contributed by atoms with Crippen LogP contribution in [0, 0.1) is 5.92 Å². The minimum Gasteiger partial charge on any atom is -0.292 e. The largest absolute Gasteiger partial charge is 0.292 e. The quantitative estimate of drug-likeness (QED) is 0.498. The van der Waals surface area contributed by atoms with Crippen LogP contribution in [0.1, 0.15) is 6.42 Å². The molecule has 56 valence electrons. The van der Waals surface area contributed by atoms with Crippen molar-refractivity contribution >= 4 is 11.8 Å². The number of imide groups is 1. The molecule has 1 aliphatic carbocycles. The Morgan fingerprint density at radius 3 is 3.09 bits per heavy atom. The van der Waals surface area contributed by atoms with Gasteiger partial charge >= 0.3 is 0 Å². The second kappa shape index (κ2) is 2.05. The third-order valence-electron chi connectivity index (χ3n) is 1.90. The number of hydrogen-bond acceptors (Lipinski definition) is 2. The Morgan fingerprint density at radius 1 is 1.45 bits per heavy atom. The van der Waals surface area contributed by atoms with Gasteiger partial charge in [0.25, 0.3) is 5.91 Å². The third kappa shape index (κ3) is 0.888. The van der Waals surface area contributed by atoms with Gasteiger partial charge in [0.15, 0.2) is 0 Å². The molecule has 11 heavy (non-hydrogen) atoms. The smallest absolute Gasteiger partial charge is 0.257 e. The first-order valence-corrected chi connectivity index (χ1v) is 3.51. The van der Waals surface area contributed by atoms with E-state index in [0.717, 1.165) is 0 Å². The molecular formula is C8H7NO2. The van der Waals surface area contributed by atoms with E-state index in [0.29, 0.717) is 12.0 Å². The van der Waals surface area contributed by atoms with Gasteiger partial charge in [0.1, 0.15) is 0 Å². The summed E-state index contributed by atoms with van der Waals surface area (Å²) in [6.45, 7) is 0. The summed E-state index contributed by atoms with van der Waals surface area (Å²) in [6, 6.07) is 0. The molecular weight excluding hydrogens is 142 g/mol. The SMILES string of the molecule is O=C1NC(=O)C2C=C1C=CC2. The van der Waals surface area contributed by atoms with E-state index in [4.69, 9.17) is 0 Å². The second-order valence-corrected chi connectivity index (χ2v) is 2.68. The topological polar surface area (TPSA) is 46.2 Å². The zero-order valence-corrected chi connectivity index (χ0v) is 5.83. The molecule has 2 bridgehead atoms. The van der Waals surface area contributed by atoms with Crippen LogP contribution < -0.4 is 5.32 Å². The molecule has 0 radical (unpaired) electrons. The van der Waals surface area contributed by atoms with Gasteiger partial charge in [-0.15, -0.1) is 0 Å². The normalized spacial score (nSPS) is 28.0. The van der Waals surface area contributed by atoms with E-state index in [1.165, 1.54) is 0 Å². The van der Waals surface area contributed by atoms with Crippen LogP contribution in [0.3, 0.4) is 0 Å². The zero-order valence-electron chi connectivity index (χ0n) is 5.83. The molecule has 0 saturated heterocycles. The van der Waals surface area contributed by atoms with E-state index in [1.54, 1.807) is 12.2 Å². The maximum Gasteiger partial charge on any atom is 0.257 e. The van der Waals surface area contributed by atoms with Gasteiger partial charge in [0, 0.05) is 5.57 Å². The molecule has 1 atom stereocenters. The number of fused-ring (bicyclic) bond motifs is 1. The lowest BCUT2D eigenvalue weighted by Gasteiger charge is -2.20. The number of carbonyl (C=O) groups is 2. The van der Waals surface area contributed by atoms with Crippen LogP contribution >= 0.6 is 0 Å². The monoisotopic (exact) mass is 149 g/mol. The Balaban J connectivity index is 2.42. The predicted octanol–water partition coefficient (Wildman–Crippen LogP) is 0.145. The highest BCUT2D eigenvalue weighted by Gasteiger charge is 2.27. The van der Waals surface area contributed by atoms with E-state index < -0.39 is 0 Å². The molecule has 0 aromatic heterocycles.